The van der Waals surface area contributed by atoms with E-state index in [-0.39, 0.29) is 10.8 Å². The smallest absolute Gasteiger partial charge is 0.243 e. The number of hydrogen-bond acceptors (Lipinski definition) is 3. The first-order chi connectivity index (χ1) is 12.9. The van der Waals surface area contributed by atoms with Gasteiger partial charge in [0, 0.05) is 17.3 Å². The molecular weight excluding hydrogens is 384 g/mol. The van der Waals surface area contributed by atoms with Gasteiger partial charge in [0.05, 0.1) is 4.90 Å². The Morgan fingerprint density at radius 3 is 2.56 bits per heavy atom. The molecule has 0 saturated carbocycles. The third-order valence-electron chi connectivity index (χ3n) is 5.29. The van der Waals surface area contributed by atoms with Crippen LogP contribution in [0.1, 0.15) is 30.4 Å². The van der Waals surface area contributed by atoms with Gasteiger partial charge in [-0.15, -0.1) is 0 Å². The van der Waals surface area contributed by atoms with Crippen LogP contribution in [-0.4, -0.2) is 31.2 Å². The number of nitrogens with zero attached hydrogens (tertiary/aromatic N) is 1. The molecule has 4 rings (SSSR count). The molecule has 142 valence electrons. The lowest BCUT2D eigenvalue weighted by Crippen LogP contribution is -2.43. The lowest BCUT2D eigenvalue weighted by Gasteiger charge is -2.23. The van der Waals surface area contributed by atoms with Crippen LogP contribution in [0.15, 0.2) is 47.4 Å². The fourth-order valence-electron chi connectivity index (χ4n) is 3.91. The van der Waals surface area contributed by atoms with Gasteiger partial charge in [-0.05, 0) is 79.6 Å². The van der Waals surface area contributed by atoms with Gasteiger partial charge in [0.1, 0.15) is 6.04 Å². The highest BCUT2D eigenvalue weighted by Crippen LogP contribution is 2.29. The van der Waals surface area contributed by atoms with Gasteiger partial charge >= 0.3 is 0 Å². The minimum absolute atomic E-state index is 0.157. The van der Waals surface area contributed by atoms with E-state index in [4.69, 9.17) is 11.6 Å². The lowest BCUT2D eigenvalue weighted by molar-refractivity contribution is -0.119. The van der Waals surface area contributed by atoms with E-state index in [1.54, 1.807) is 12.1 Å². The number of amides is 1. The van der Waals surface area contributed by atoms with Crippen molar-refractivity contribution in [2.75, 3.05) is 11.9 Å². The normalized spacial score (nSPS) is 19.8. The van der Waals surface area contributed by atoms with Crippen molar-refractivity contribution in [3.05, 3.63) is 58.6 Å². The minimum atomic E-state index is -3.74. The van der Waals surface area contributed by atoms with Gasteiger partial charge in [0.25, 0.3) is 0 Å². The third-order valence-corrected chi connectivity index (χ3v) is 7.47. The van der Waals surface area contributed by atoms with Crippen LogP contribution in [0.2, 0.25) is 5.02 Å². The fraction of sp³-hybridized carbons (Fsp3) is 0.350. The van der Waals surface area contributed by atoms with E-state index in [1.165, 1.54) is 27.6 Å². The molecule has 2 aromatic carbocycles. The molecule has 2 aliphatic rings. The van der Waals surface area contributed by atoms with Crippen molar-refractivity contribution < 1.29 is 13.2 Å². The quantitative estimate of drug-likeness (QED) is 0.846. The van der Waals surface area contributed by atoms with E-state index in [9.17, 15) is 13.2 Å². The summed E-state index contributed by atoms with van der Waals surface area (Å²) < 4.78 is 27.2. The number of aryl methyl sites for hydroxylation is 2. The number of hydrogen-bond donors (Lipinski definition) is 1. The molecule has 0 aromatic heterocycles. The van der Waals surface area contributed by atoms with E-state index in [2.05, 4.69) is 11.4 Å². The molecule has 1 amide bonds. The number of carbonyl (C=O) groups excluding carboxylic acids is 1. The van der Waals surface area contributed by atoms with Gasteiger partial charge in [0.2, 0.25) is 15.9 Å². The Morgan fingerprint density at radius 2 is 1.78 bits per heavy atom. The van der Waals surface area contributed by atoms with Gasteiger partial charge in [-0.3, -0.25) is 4.79 Å². The number of carbonyl (C=O) groups is 1. The highest BCUT2D eigenvalue weighted by atomic mass is 35.5. The average molecular weight is 405 g/mol. The van der Waals surface area contributed by atoms with Crippen molar-refractivity contribution in [1.29, 1.82) is 0 Å². The van der Waals surface area contributed by atoms with Crippen molar-refractivity contribution in [3.8, 4) is 0 Å². The summed E-state index contributed by atoms with van der Waals surface area (Å²) in [7, 11) is -3.74. The SMILES string of the molecule is O=C(Nc1ccc2c(c1)CCC2)[C@H]1CCCN1S(=O)(=O)c1ccc(Cl)cc1. The molecule has 1 aliphatic carbocycles. The molecule has 7 heteroatoms. The van der Waals surface area contributed by atoms with Crippen LogP contribution in [0.5, 0.6) is 0 Å². The van der Waals surface area contributed by atoms with Crippen LogP contribution < -0.4 is 5.32 Å². The maximum absolute atomic E-state index is 13.0. The molecule has 0 bridgehead atoms. The molecule has 1 aliphatic heterocycles. The molecule has 1 saturated heterocycles. The molecule has 1 heterocycles. The Kier molecular flexibility index (Phi) is 4.97. The van der Waals surface area contributed by atoms with Crippen LogP contribution in [0, 0.1) is 0 Å². The van der Waals surface area contributed by atoms with Crippen molar-refractivity contribution in [2.45, 2.75) is 43.0 Å². The molecule has 0 unspecified atom stereocenters. The van der Waals surface area contributed by atoms with Gasteiger partial charge in [-0.2, -0.15) is 4.31 Å². The first-order valence-electron chi connectivity index (χ1n) is 9.15. The van der Waals surface area contributed by atoms with E-state index in [0.717, 1.165) is 24.9 Å². The predicted molar refractivity (Wildman–Crippen MR) is 105 cm³/mol. The molecule has 0 radical (unpaired) electrons. The largest absolute Gasteiger partial charge is 0.325 e. The second-order valence-electron chi connectivity index (χ2n) is 7.05. The van der Waals surface area contributed by atoms with E-state index in [0.29, 0.717) is 24.4 Å². The summed E-state index contributed by atoms with van der Waals surface area (Å²) in [5.41, 5.74) is 3.34. The number of benzene rings is 2. The Balaban J connectivity index is 1.54. The zero-order valence-electron chi connectivity index (χ0n) is 14.8. The second kappa shape index (κ2) is 7.26. The summed E-state index contributed by atoms with van der Waals surface area (Å²) in [4.78, 5) is 13.0. The predicted octanol–water partition coefficient (Wildman–Crippen LogP) is 3.62. The average Bonchev–Trinajstić information content (AvgIpc) is 3.31. The summed E-state index contributed by atoms with van der Waals surface area (Å²) in [5.74, 6) is -0.275. The number of anilines is 1. The molecule has 1 fully saturated rings. The van der Waals surface area contributed by atoms with Gasteiger partial charge in [-0.1, -0.05) is 17.7 Å². The summed E-state index contributed by atoms with van der Waals surface area (Å²) in [6.45, 7) is 0.341. The summed E-state index contributed by atoms with van der Waals surface area (Å²) >= 11 is 5.86. The Morgan fingerprint density at radius 1 is 1.04 bits per heavy atom. The second-order valence-corrected chi connectivity index (χ2v) is 9.38. The molecule has 5 nitrogen and oxygen atoms in total. The number of fused-ring (bicyclic) bond motifs is 1. The van der Waals surface area contributed by atoms with Crippen LogP contribution in [-0.2, 0) is 27.7 Å². The number of rotatable bonds is 4. The number of halogens is 1. The van der Waals surface area contributed by atoms with E-state index >= 15 is 0 Å². The van der Waals surface area contributed by atoms with Crippen molar-refractivity contribution >= 4 is 33.2 Å². The molecule has 1 N–H and O–H groups in total. The molecule has 0 spiro atoms. The van der Waals surface area contributed by atoms with Crippen molar-refractivity contribution in [3.63, 3.8) is 0 Å². The molecule has 27 heavy (non-hydrogen) atoms. The first kappa shape index (κ1) is 18.5. The lowest BCUT2D eigenvalue weighted by atomic mass is 10.1. The van der Waals surface area contributed by atoms with E-state index < -0.39 is 16.1 Å². The summed E-state index contributed by atoms with van der Waals surface area (Å²) in [5, 5.41) is 3.38. The zero-order chi connectivity index (χ0) is 19.0. The maximum Gasteiger partial charge on any atom is 0.243 e. The first-order valence-corrected chi connectivity index (χ1v) is 11.0. The zero-order valence-corrected chi connectivity index (χ0v) is 16.4. The van der Waals surface area contributed by atoms with Crippen molar-refractivity contribution in [1.82, 2.24) is 4.31 Å². The summed E-state index contributed by atoms with van der Waals surface area (Å²) in [6, 6.07) is 11.3. The monoisotopic (exact) mass is 404 g/mol. The standard InChI is InChI=1S/C20H21ClN2O3S/c21-16-7-10-18(11-8-16)27(25,26)23-12-2-5-19(23)20(24)22-17-9-6-14-3-1-4-15(14)13-17/h6-11,13,19H,1-5,12H2,(H,22,24)/t19-/m1/s1. The van der Waals surface area contributed by atoms with Crippen LogP contribution in [0.4, 0.5) is 5.69 Å². The summed E-state index contributed by atoms with van der Waals surface area (Å²) in [6.07, 6.45) is 4.43. The topological polar surface area (TPSA) is 66.5 Å². The van der Waals surface area contributed by atoms with Crippen LogP contribution in [0.25, 0.3) is 0 Å². The highest BCUT2D eigenvalue weighted by molar-refractivity contribution is 7.89. The molecular formula is C20H21ClN2O3S. The fourth-order valence-corrected chi connectivity index (χ4v) is 5.69. The minimum Gasteiger partial charge on any atom is -0.325 e. The Labute approximate surface area is 164 Å². The van der Waals surface area contributed by atoms with Crippen LogP contribution in [0.3, 0.4) is 0 Å². The van der Waals surface area contributed by atoms with Crippen molar-refractivity contribution in [2.24, 2.45) is 0 Å². The highest BCUT2D eigenvalue weighted by Gasteiger charge is 2.39. The van der Waals surface area contributed by atoms with E-state index in [1.807, 2.05) is 12.1 Å². The maximum atomic E-state index is 13.0. The molecule has 1 atom stereocenters. The van der Waals surface area contributed by atoms with Gasteiger partial charge in [0.15, 0.2) is 0 Å². The Bertz CT molecular complexity index is 973. The third kappa shape index (κ3) is 3.61. The van der Waals surface area contributed by atoms with Crippen LogP contribution >= 0.6 is 11.6 Å². The number of sulfonamides is 1. The van der Waals surface area contributed by atoms with Gasteiger partial charge < -0.3 is 5.32 Å². The molecule has 2 aromatic rings. The Hall–Kier alpha value is -1.89. The number of nitrogens with one attached hydrogen (secondary N) is 1. The van der Waals surface area contributed by atoms with Gasteiger partial charge in [-0.25, -0.2) is 8.42 Å².